The van der Waals surface area contributed by atoms with Crippen LogP contribution in [0.25, 0.3) is 11.3 Å². The normalized spacial score (nSPS) is 11.2. The molecule has 1 N–H and O–H groups in total. The van der Waals surface area contributed by atoms with Crippen LogP contribution in [0.4, 0.5) is 10.1 Å². The molecule has 0 spiro atoms. The number of rotatable bonds is 7. The van der Waals surface area contributed by atoms with E-state index in [1.54, 1.807) is 6.20 Å². The zero-order valence-electron chi connectivity index (χ0n) is 14.3. The van der Waals surface area contributed by atoms with Crippen molar-refractivity contribution in [1.29, 1.82) is 0 Å². The van der Waals surface area contributed by atoms with Crippen molar-refractivity contribution in [2.24, 2.45) is 0 Å². The maximum Gasteiger partial charge on any atom is 0.257 e. The predicted octanol–water partition coefficient (Wildman–Crippen LogP) is 2.70. The first-order chi connectivity index (χ1) is 12.9. The van der Waals surface area contributed by atoms with E-state index in [2.05, 4.69) is 19.9 Å². The lowest BCUT2D eigenvalue weighted by Gasteiger charge is -2.11. The Morgan fingerprint density at radius 3 is 2.74 bits per heavy atom. The summed E-state index contributed by atoms with van der Waals surface area (Å²) in [6.45, 7) is 0.248. The molecule has 3 rings (SSSR count). The fourth-order valence-electron chi connectivity index (χ4n) is 2.20. The van der Waals surface area contributed by atoms with Crippen molar-refractivity contribution in [3.05, 3.63) is 46.7 Å². The van der Waals surface area contributed by atoms with E-state index in [-0.39, 0.29) is 29.4 Å². The van der Waals surface area contributed by atoms with Gasteiger partial charge in [-0.2, -0.15) is 0 Å². The zero-order valence-corrected chi connectivity index (χ0v) is 16.0. The Balaban J connectivity index is 1.92. The lowest BCUT2D eigenvalue weighted by atomic mass is 10.1. The summed E-state index contributed by atoms with van der Waals surface area (Å²) >= 11 is 1.45. The molecule has 0 atom stereocenters. The lowest BCUT2D eigenvalue weighted by Crippen LogP contribution is -2.12. The maximum absolute atomic E-state index is 14.3. The number of thiazole rings is 1. The average Bonchev–Trinajstić information content (AvgIpc) is 3.13. The molecule has 8 nitrogen and oxygen atoms in total. The minimum atomic E-state index is -3.58. The van der Waals surface area contributed by atoms with Gasteiger partial charge < -0.3 is 9.47 Å². The van der Waals surface area contributed by atoms with Crippen LogP contribution in [0.3, 0.4) is 0 Å². The molecule has 11 heteroatoms. The molecule has 0 radical (unpaired) electrons. The Morgan fingerprint density at radius 1 is 1.26 bits per heavy atom. The highest BCUT2D eigenvalue weighted by atomic mass is 32.2. The maximum atomic E-state index is 14.3. The predicted molar refractivity (Wildman–Crippen MR) is 98.9 cm³/mol. The standard InChI is InChI=1S/C16H15FN4O4S2/c1-24-16-14(21-27(2,22)23)8-13(19-20-16)11-7-10(3-4-12(11)17)25-9-15-18-5-6-26-15/h3-8H,9H2,1-2H3,(H,19,21). The van der Waals surface area contributed by atoms with Gasteiger partial charge in [0.1, 0.15) is 28.9 Å². The molecule has 3 aromatic rings. The van der Waals surface area contributed by atoms with E-state index < -0.39 is 15.8 Å². The summed E-state index contributed by atoms with van der Waals surface area (Å²) in [7, 11) is -2.26. The van der Waals surface area contributed by atoms with E-state index in [0.29, 0.717) is 5.75 Å². The van der Waals surface area contributed by atoms with E-state index in [9.17, 15) is 12.8 Å². The van der Waals surface area contributed by atoms with Crippen molar-refractivity contribution in [2.45, 2.75) is 6.61 Å². The minimum absolute atomic E-state index is 0.0271. The SMILES string of the molecule is COc1nnc(-c2cc(OCc3nccs3)ccc2F)cc1NS(C)(=O)=O. The fourth-order valence-corrected chi connectivity index (χ4v) is 3.27. The van der Waals surface area contributed by atoms with Crippen molar-refractivity contribution >= 4 is 27.0 Å². The summed E-state index contributed by atoms with van der Waals surface area (Å²) in [4.78, 5) is 4.11. The molecular formula is C16H15FN4O4S2. The Hall–Kier alpha value is -2.79. The van der Waals surface area contributed by atoms with Gasteiger partial charge in [-0.3, -0.25) is 4.72 Å². The minimum Gasteiger partial charge on any atom is -0.486 e. The molecule has 0 saturated carbocycles. The van der Waals surface area contributed by atoms with Crippen LogP contribution in [-0.2, 0) is 16.6 Å². The fraction of sp³-hybridized carbons (Fsp3) is 0.188. The second-order valence-electron chi connectivity index (χ2n) is 5.38. The molecule has 1 aromatic carbocycles. The van der Waals surface area contributed by atoms with Crippen LogP contribution < -0.4 is 14.2 Å². The smallest absolute Gasteiger partial charge is 0.257 e. The number of benzene rings is 1. The molecule has 0 unspecified atom stereocenters. The van der Waals surface area contributed by atoms with Crippen molar-refractivity contribution in [1.82, 2.24) is 15.2 Å². The third-order valence-electron chi connectivity index (χ3n) is 3.31. The molecule has 2 heterocycles. The molecule has 0 saturated heterocycles. The highest BCUT2D eigenvalue weighted by Gasteiger charge is 2.16. The Morgan fingerprint density at radius 2 is 2.07 bits per heavy atom. The van der Waals surface area contributed by atoms with E-state index in [0.717, 1.165) is 11.3 Å². The molecular weight excluding hydrogens is 395 g/mol. The van der Waals surface area contributed by atoms with Gasteiger partial charge in [-0.05, 0) is 24.3 Å². The van der Waals surface area contributed by atoms with Gasteiger partial charge in [0, 0.05) is 17.1 Å². The van der Waals surface area contributed by atoms with Crippen LogP contribution in [0.5, 0.6) is 11.6 Å². The van der Waals surface area contributed by atoms with Gasteiger partial charge in [0.2, 0.25) is 10.0 Å². The number of hydrogen-bond donors (Lipinski definition) is 1. The van der Waals surface area contributed by atoms with Crippen LogP contribution in [0.2, 0.25) is 0 Å². The number of nitrogens with one attached hydrogen (secondary N) is 1. The molecule has 0 bridgehead atoms. The van der Waals surface area contributed by atoms with Crippen LogP contribution >= 0.6 is 11.3 Å². The van der Waals surface area contributed by atoms with Gasteiger partial charge in [0.15, 0.2) is 0 Å². The molecule has 142 valence electrons. The molecule has 0 amide bonds. The van der Waals surface area contributed by atoms with Gasteiger partial charge in [-0.25, -0.2) is 17.8 Å². The monoisotopic (exact) mass is 410 g/mol. The van der Waals surface area contributed by atoms with Crippen LogP contribution in [-0.4, -0.2) is 37.0 Å². The number of ether oxygens (including phenoxy) is 2. The summed E-state index contributed by atoms with van der Waals surface area (Å²) in [5.41, 5.74) is 0.288. The topological polar surface area (TPSA) is 103 Å². The number of hydrogen-bond acceptors (Lipinski definition) is 8. The largest absolute Gasteiger partial charge is 0.486 e. The van der Waals surface area contributed by atoms with Crippen LogP contribution in [0.15, 0.2) is 35.8 Å². The molecule has 0 aliphatic heterocycles. The first-order valence-corrected chi connectivity index (χ1v) is 10.3. The van der Waals surface area contributed by atoms with Crippen molar-refractivity contribution in [3.8, 4) is 22.9 Å². The number of anilines is 1. The van der Waals surface area contributed by atoms with Crippen molar-refractivity contribution in [2.75, 3.05) is 18.1 Å². The van der Waals surface area contributed by atoms with Gasteiger partial charge in [0.25, 0.3) is 5.88 Å². The van der Waals surface area contributed by atoms with Gasteiger partial charge in [-0.15, -0.1) is 21.5 Å². The van der Waals surface area contributed by atoms with Gasteiger partial charge in [-0.1, -0.05) is 0 Å². The van der Waals surface area contributed by atoms with Crippen molar-refractivity contribution < 1.29 is 22.3 Å². The molecule has 27 heavy (non-hydrogen) atoms. The Kier molecular flexibility index (Phi) is 5.51. The molecule has 0 aliphatic rings. The summed E-state index contributed by atoms with van der Waals surface area (Å²) in [6, 6.07) is 5.53. The Bertz CT molecular complexity index is 1040. The highest BCUT2D eigenvalue weighted by molar-refractivity contribution is 7.92. The number of methoxy groups -OCH3 is 1. The van der Waals surface area contributed by atoms with Crippen LogP contribution in [0.1, 0.15) is 5.01 Å². The third kappa shape index (κ3) is 4.89. The van der Waals surface area contributed by atoms with E-state index in [1.165, 1.54) is 42.7 Å². The first-order valence-electron chi connectivity index (χ1n) is 7.56. The molecule has 2 aromatic heterocycles. The van der Waals surface area contributed by atoms with Crippen molar-refractivity contribution in [3.63, 3.8) is 0 Å². The quantitative estimate of drug-likeness (QED) is 0.639. The third-order valence-corrected chi connectivity index (χ3v) is 4.65. The van der Waals surface area contributed by atoms with E-state index in [1.807, 2.05) is 5.38 Å². The second-order valence-corrected chi connectivity index (χ2v) is 8.11. The second kappa shape index (κ2) is 7.84. The number of aromatic nitrogens is 3. The van der Waals surface area contributed by atoms with Gasteiger partial charge in [0.05, 0.1) is 19.1 Å². The van der Waals surface area contributed by atoms with Gasteiger partial charge >= 0.3 is 0 Å². The molecule has 0 fully saturated rings. The average molecular weight is 410 g/mol. The number of nitrogens with zero attached hydrogens (tertiary/aromatic N) is 3. The first kappa shape index (κ1) is 19.0. The summed E-state index contributed by atoms with van der Waals surface area (Å²) in [5.74, 6) is -0.168. The Labute approximate surface area is 159 Å². The summed E-state index contributed by atoms with van der Waals surface area (Å²) in [6.07, 6.45) is 2.66. The van der Waals surface area contributed by atoms with Crippen LogP contribution in [0, 0.1) is 5.82 Å². The lowest BCUT2D eigenvalue weighted by molar-refractivity contribution is 0.305. The van der Waals surface area contributed by atoms with E-state index in [4.69, 9.17) is 9.47 Å². The number of halogens is 1. The zero-order chi connectivity index (χ0) is 19.4. The number of sulfonamides is 1. The summed E-state index contributed by atoms with van der Waals surface area (Å²) in [5, 5.41) is 10.3. The van der Waals surface area contributed by atoms with E-state index >= 15 is 0 Å². The highest BCUT2D eigenvalue weighted by Crippen LogP contribution is 2.30. The summed E-state index contributed by atoms with van der Waals surface area (Å²) < 4.78 is 50.2. The molecule has 0 aliphatic carbocycles.